The number of hydrogen-bond acceptors (Lipinski definition) is 3. The first-order valence-electron chi connectivity index (χ1n) is 4.37. The number of nitro groups is 1. The van der Waals surface area contributed by atoms with E-state index in [0.717, 1.165) is 5.57 Å². The van der Waals surface area contributed by atoms with Gasteiger partial charge in [-0.2, -0.15) is 0 Å². The topological polar surface area (TPSA) is 52.4 Å². The van der Waals surface area contributed by atoms with Gasteiger partial charge < -0.3 is 4.74 Å². The van der Waals surface area contributed by atoms with Crippen LogP contribution in [0.4, 0.5) is 5.69 Å². The average molecular weight is 262 g/mol. The Morgan fingerprint density at radius 3 is 2.81 bits per heavy atom. The molecule has 4 nitrogen and oxygen atoms in total. The summed E-state index contributed by atoms with van der Waals surface area (Å²) in [7, 11) is 0. The summed E-state index contributed by atoms with van der Waals surface area (Å²) in [6.45, 7) is 2.12. The smallest absolute Gasteiger partial charge is 0.288 e. The zero-order chi connectivity index (χ0) is 12.1. The number of ether oxygens (including phenoxy) is 1. The standard InChI is InChI=1S/C10H9Cl2NO3/c1-7(5-11)6-16-8-2-3-10(13(14)15)9(12)4-8/h2-5H,6H2,1H3/b7-5-. The van der Waals surface area contributed by atoms with E-state index in [0.29, 0.717) is 12.4 Å². The van der Waals surface area contributed by atoms with Gasteiger partial charge in [-0.25, -0.2) is 0 Å². The molecule has 0 saturated heterocycles. The molecule has 1 rings (SSSR count). The summed E-state index contributed by atoms with van der Waals surface area (Å²) in [5.74, 6) is 0.466. The minimum absolute atomic E-state index is 0.0509. The highest BCUT2D eigenvalue weighted by atomic mass is 35.5. The Balaban J connectivity index is 2.78. The van der Waals surface area contributed by atoms with Gasteiger partial charge in [0.25, 0.3) is 5.69 Å². The second-order valence-corrected chi connectivity index (χ2v) is 3.74. The van der Waals surface area contributed by atoms with Crippen molar-refractivity contribution in [2.75, 3.05) is 6.61 Å². The van der Waals surface area contributed by atoms with E-state index in [4.69, 9.17) is 27.9 Å². The molecule has 0 radical (unpaired) electrons. The molecule has 0 saturated carbocycles. The summed E-state index contributed by atoms with van der Waals surface area (Å²) in [5, 5.41) is 10.6. The number of rotatable bonds is 4. The zero-order valence-electron chi connectivity index (χ0n) is 8.44. The lowest BCUT2D eigenvalue weighted by Gasteiger charge is -2.06. The minimum atomic E-state index is -0.546. The third-order valence-electron chi connectivity index (χ3n) is 1.77. The number of benzene rings is 1. The summed E-state index contributed by atoms with van der Waals surface area (Å²) in [6.07, 6.45) is 0. The Morgan fingerprint density at radius 1 is 1.62 bits per heavy atom. The fraction of sp³-hybridized carbons (Fsp3) is 0.200. The Labute approximate surface area is 103 Å². The van der Waals surface area contributed by atoms with Crippen LogP contribution in [0.15, 0.2) is 29.3 Å². The molecule has 6 heteroatoms. The Bertz CT molecular complexity index is 432. The maximum Gasteiger partial charge on any atom is 0.288 e. The van der Waals surface area contributed by atoms with E-state index >= 15 is 0 Å². The first kappa shape index (κ1) is 12.8. The molecule has 0 heterocycles. The van der Waals surface area contributed by atoms with Gasteiger partial charge in [-0.05, 0) is 18.6 Å². The van der Waals surface area contributed by atoms with Crippen LogP contribution in [-0.2, 0) is 0 Å². The summed E-state index contributed by atoms with van der Waals surface area (Å²) in [6, 6.07) is 4.20. The number of hydrogen-bond donors (Lipinski definition) is 0. The van der Waals surface area contributed by atoms with Crippen LogP contribution >= 0.6 is 23.2 Å². The van der Waals surface area contributed by atoms with E-state index in [1.54, 1.807) is 6.92 Å². The Morgan fingerprint density at radius 2 is 2.31 bits per heavy atom. The third kappa shape index (κ3) is 3.40. The largest absolute Gasteiger partial charge is 0.489 e. The lowest BCUT2D eigenvalue weighted by atomic mass is 10.3. The molecule has 0 aliphatic carbocycles. The van der Waals surface area contributed by atoms with E-state index < -0.39 is 4.92 Å². The molecule has 16 heavy (non-hydrogen) atoms. The van der Waals surface area contributed by atoms with Crippen molar-refractivity contribution in [3.63, 3.8) is 0 Å². The van der Waals surface area contributed by atoms with Crippen molar-refractivity contribution < 1.29 is 9.66 Å². The highest BCUT2D eigenvalue weighted by molar-refractivity contribution is 6.32. The lowest BCUT2D eigenvalue weighted by Crippen LogP contribution is -1.98. The summed E-state index contributed by atoms with van der Waals surface area (Å²) >= 11 is 11.2. The molecule has 1 aromatic rings. The predicted molar refractivity (Wildman–Crippen MR) is 63.2 cm³/mol. The van der Waals surface area contributed by atoms with Crippen molar-refractivity contribution >= 4 is 28.9 Å². The molecule has 1 aromatic carbocycles. The van der Waals surface area contributed by atoms with Crippen LogP contribution in [0.5, 0.6) is 5.75 Å². The molecule has 0 aliphatic heterocycles. The molecule has 0 N–H and O–H groups in total. The van der Waals surface area contributed by atoms with E-state index in [1.165, 1.54) is 23.7 Å². The van der Waals surface area contributed by atoms with Crippen LogP contribution in [0.25, 0.3) is 0 Å². The monoisotopic (exact) mass is 261 g/mol. The molecule has 0 aromatic heterocycles. The van der Waals surface area contributed by atoms with Crippen LogP contribution in [0.2, 0.25) is 5.02 Å². The molecular formula is C10H9Cl2NO3. The highest BCUT2D eigenvalue weighted by Crippen LogP contribution is 2.28. The van der Waals surface area contributed by atoms with Crippen molar-refractivity contribution in [1.82, 2.24) is 0 Å². The molecule has 0 bridgehead atoms. The van der Waals surface area contributed by atoms with E-state index in [-0.39, 0.29) is 10.7 Å². The van der Waals surface area contributed by atoms with E-state index in [1.807, 2.05) is 0 Å². The van der Waals surface area contributed by atoms with Gasteiger partial charge in [-0.15, -0.1) is 0 Å². The van der Waals surface area contributed by atoms with Gasteiger partial charge in [-0.1, -0.05) is 23.2 Å². The SMILES string of the molecule is C/C(=C/Cl)COc1ccc([N+](=O)[O-])c(Cl)c1. The second-order valence-electron chi connectivity index (χ2n) is 3.11. The fourth-order valence-corrected chi connectivity index (χ4v) is 1.26. The van der Waals surface area contributed by atoms with Gasteiger partial charge in [0.1, 0.15) is 17.4 Å². The van der Waals surface area contributed by atoms with Crippen LogP contribution in [0, 0.1) is 10.1 Å². The van der Waals surface area contributed by atoms with Gasteiger partial charge >= 0.3 is 0 Å². The first-order valence-corrected chi connectivity index (χ1v) is 5.18. The van der Waals surface area contributed by atoms with Crippen LogP contribution in [-0.4, -0.2) is 11.5 Å². The van der Waals surface area contributed by atoms with Crippen LogP contribution in [0.1, 0.15) is 6.92 Å². The van der Waals surface area contributed by atoms with Crippen LogP contribution < -0.4 is 4.74 Å². The number of nitro benzene ring substituents is 1. The number of halogens is 2. The summed E-state index contributed by atoms with van der Waals surface area (Å²) < 4.78 is 5.31. The van der Waals surface area contributed by atoms with Gasteiger partial charge in [-0.3, -0.25) is 10.1 Å². The maximum atomic E-state index is 10.5. The van der Waals surface area contributed by atoms with Crippen molar-refractivity contribution in [2.45, 2.75) is 6.92 Å². The minimum Gasteiger partial charge on any atom is -0.489 e. The second kappa shape index (κ2) is 5.72. The van der Waals surface area contributed by atoms with Crippen molar-refractivity contribution in [3.05, 3.63) is 44.4 Å². The first-order chi connectivity index (χ1) is 7.54. The predicted octanol–water partition coefficient (Wildman–Crippen LogP) is 3.77. The van der Waals surface area contributed by atoms with E-state index in [9.17, 15) is 10.1 Å². The Kier molecular flexibility index (Phi) is 4.58. The summed E-state index contributed by atoms with van der Waals surface area (Å²) in [5.41, 5.74) is 2.11. The molecule has 0 atom stereocenters. The maximum absolute atomic E-state index is 10.5. The molecule has 0 fully saturated rings. The third-order valence-corrected chi connectivity index (χ3v) is 2.44. The molecule has 0 aliphatic rings. The number of nitrogens with zero attached hydrogens (tertiary/aromatic N) is 1. The average Bonchev–Trinajstić information content (AvgIpc) is 2.25. The van der Waals surface area contributed by atoms with Gasteiger partial charge in [0.05, 0.1) is 4.92 Å². The lowest BCUT2D eigenvalue weighted by molar-refractivity contribution is -0.384. The van der Waals surface area contributed by atoms with Gasteiger partial charge in [0.2, 0.25) is 0 Å². The summed E-state index contributed by atoms with van der Waals surface area (Å²) in [4.78, 5) is 9.95. The van der Waals surface area contributed by atoms with Crippen molar-refractivity contribution in [3.8, 4) is 5.75 Å². The van der Waals surface area contributed by atoms with Gasteiger partial charge in [0, 0.05) is 17.7 Å². The molecule has 0 unspecified atom stereocenters. The Hall–Kier alpha value is -1.26. The molecule has 0 amide bonds. The molecule has 86 valence electrons. The fourth-order valence-electron chi connectivity index (χ4n) is 0.954. The van der Waals surface area contributed by atoms with Crippen LogP contribution in [0.3, 0.4) is 0 Å². The van der Waals surface area contributed by atoms with Crippen molar-refractivity contribution in [2.24, 2.45) is 0 Å². The van der Waals surface area contributed by atoms with E-state index in [2.05, 4.69) is 0 Å². The quantitative estimate of drug-likeness (QED) is 0.613. The molecule has 0 spiro atoms. The highest BCUT2D eigenvalue weighted by Gasteiger charge is 2.12. The van der Waals surface area contributed by atoms with Gasteiger partial charge in [0.15, 0.2) is 0 Å². The zero-order valence-corrected chi connectivity index (χ0v) is 9.96. The van der Waals surface area contributed by atoms with Crippen molar-refractivity contribution in [1.29, 1.82) is 0 Å². The molecular weight excluding hydrogens is 253 g/mol. The normalized spacial score (nSPS) is 11.3.